The van der Waals surface area contributed by atoms with E-state index in [2.05, 4.69) is 25.3 Å². The zero-order valence-corrected chi connectivity index (χ0v) is 16.5. The van der Waals surface area contributed by atoms with Gasteiger partial charge in [0.2, 0.25) is 5.88 Å². The van der Waals surface area contributed by atoms with Gasteiger partial charge < -0.3 is 24.9 Å². The van der Waals surface area contributed by atoms with E-state index >= 15 is 0 Å². The van der Waals surface area contributed by atoms with Crippen LogP contribution in [0, 0.1) is 6.92 Å². The highest BCUT2D eigenvalue weighted by molar-refractivity contribution is 5.79. The Hall–Kier alpha value is -2.75. The predicted molar refractivity (Wildman–Crippen MR) is 102 cm³/mol. The number of halogens is 3. The van der Waals surface area contributed by atoms with Crippen molar-refractivity contribution in [1.82, 2.24) is 15.6 Å². The lowest BCUT2D eigenvalue weighted by atomic mass is 10.0. The number of ether oxygens (including phenoxy) is 1. The van der Waals surface area contributed by atoms with E-state index < -0.39 is 18.4 Å². The zero-order chi connectivity index (χ0) is 21.5. The van der Waals surface area contributed by atoms with E-state index in [1.54, 1.807) is 32.0 Å². The van der Waals surface area contributed by atoms with E-state index in [9.17, 15) is 18.3 Å². The van der Waals surface area contributed by atoms with E-state index in [-0.39, 0.29) is 19.0 Å². The molecule has 160 valence electrons. The van der Waals surface area contributed by atoms with Gasteiger partial charge in [-0.05, 0) is 38.5 Å². The number of nitrogens with zero attached hydrogens (tertiary/aromatic N) is 2. The summed E-state index contributed by atoms with van der Waals surface area (Å²) in [6.45, 7) is 4.95. The van der Waals surface area contributed by atoms with Crippen LogP contribution in [0.25, 0.3) is 0 Å². The van der Waals surface area contributed by atoms with Crippen LogP contribution >= 0.6 is 0 Å². The van der Waals surface area contributed by atoms with Crippen LogP contribution < -0.4 is 15.4 Å². The molecule has 0 aliphatic heterocycles. The highest BCUT2D eigenvalue weighted by Crippen LogP contribution is 2.22. The quantitative estimate of drug-likeness (QED) is 0.455. The molecule has 1 atom stereocenters. The van der Waals surface area contributed by atoms with E-state index in [4.69, 9.17) is 4.42 Å². The van der Waals surface area contributed by atoms with Crippen LogP contribution in [0.15, 0.2) is 39.9 Å². The molecule has 0 spiro atoms. The van der Waals surface area contributed by atoms with Gasteiger partial charge in [0.15, 0.2) is 12.6 Å². The highest BCUT2D eigenvalue weighted by atomic mass is 19.4. The standard InChI is InChI=1S/C19H25F3N4O3/c1-4-23-17(26-11-18(3,27)15-7-5-13(2)29-15)25-10-14-6-8-16(24-9-14)28-12-19(20,21)22/h5-9,27H,4,10-12H2,1-3H3,(H2,23,25,26). The molecule has 0 amide bonds. The molecule has 2 aromatic rings. The second-order valence-corrected chi connectivity index (χ2v) is 6.64. The number of nitrogens with one attached hydrogen (secondary N) is 2. The summed E-state index contributed by atoms with van der Waals surface area (Å²) in [6, 6.07) is 6.45. The fourth-order valence-electron chi connectivity index (χ4n) is 2.32. The third kappa shape index (κ3) is 7.65. The zero-order valence-electron chi connectivity index (χ0n) is 16.5. The minimum Gasteiger partial charge on any atom is -0.468 e. The van der Waals surface area contributed by atoms with Gasteiger partial charge in [-0.15, -0.1) is 0 Å². The van der Waals surface area contributed by atoms with Gasteiger partial charge in [-0.25, -0.2) is 9.98 Å². The summed E-state index contributed by atoms with van der Waals surface area (Å²) in [6.07, 6.45) is -3.01. The lowest BCUT2D eigenvalue weighted by Gasteiger charge is -2.22. The average molecular weight is 414 g/mol. The maximum Gasteiger partial charge on any atom is 0.422 e. The summed E-state index contributed by atoms with van der Waals surface area (Å²) in [5, 5.41) is 16.7. The molecule has 3 N–H and O–H groups in total. The van der Waals surface area contributed by atoms with Crippen LogP contribution in [-0.4, -0.2) is 41.9 Å². The maximum atomic E-state index is 12.2. The van der Waals surface area contributed by atoms with Crippen LogP contribution in [0.2, 0.25) is 0 Å². The average Bonchev–Trinajstić information content (AvgIpc) is 3.10. The molecule has 0 aliphatic rings. The molecule has 2 rings (SSSR count). The van der Waals surface area contributed by atoms with Crippen molar-refractivity contribution in [1.29, 1.82) is 0 Å². The lowest BCUT2D eigenvalue weighted by Crippen LogP contribution is -2.44. The second-order valence-electron chi connectivity index (χ2n) is 6.64. The minimum absolute atomic E-state index is 0.107. The highest BCUT2D eigenvalue weighted by Gasteiger charge is 2.28. The number of aliphatic hydroxyl groups is 1. The second kappa shape index (κ2) is 9.64. The summed E-state index contributed by atoms with van der Waals surface area (Å²) in [5.74, 6) is 1.51. The first-order valence-corrected chi connectivity index (χ1v) is 9.05. The van der Waals surface area contributed by atoms with Gasteiger partial charge in [0.25, 0.3) is 0 Å². The Balaban J connectivity index is 1.94. The molecule has 0 bridgehead atoms. The van der Waals surface area contributed by atoms with Gasteiger partial charge in [-0.2, -0.15) is 13.2 Å². The smallest absolute Gasteiger partial charge is 0.422 e. The van der Waals surface area contributed by atoms with Crippen molar-refractivity contribution in [2.45, 2.75) is 39.1 Å². The van der Waals surface area contributed by atoms with Crippen LogP contribution in [0.1, 0.15) is 30.9 Å². The molecule has 0 saturated heterocycles. The predicted octanol–water partition coefficient (Wildman–Crippen LogP) is 2.89. The fraction of sp³-hybridized carbons (Fsp3) is 0.474. The molecule has 29 heavy (non-hydrogen) atoms. The largest absolute Gasteiger partial charge is 0.468 e. The minimum atomic E-state index is -4.41. The number of rotatable bonds is 8. The Kier molecular flexibility index (Phi) is 7.49. The first-order chi connectivity index (χ1) is 13.6. The summed E-state index contributed by atoms with van der Waals surface area (Å²) < 4.78 is 46.5. The number of alkyl halides is 3. The Labute approximate surface area is 167 Å². The molecular formula is C19H25F3N4O3. The molecule has 0 fully saturated rings. The number of aromatic nitrogens is 1. The third-order valence-electron chi connectivity index (χ3n) is 3.82. The van der Waals surface area contributed by atoms with Crippen LogP contribution in [0.4, 0.5) is 13.2 Å². The van der Waals surface area contributed by atoms with Gasteiger partial charge in [0, 0.05) is 18.8 Å². The number of furan rings is 1. The van der Waals surface area contributed by atoms with Crippen molar-refractivity contribution in [2.24, 2.45) is 4.99 Å². The van der Waals surface area contributed by atoms with Crippen LogP contribution in [0.3, 0.4) is 0 Å². The van der Waals surface area contributed by atoms with Crippen molar-refractivity contribution >= 4 is 5.96 Å². The van der Waals surface area contributed by atoms with E-state index in [0.29, 0.717) is 29.6 Å². The lowest BCUT2D eigenvalue weighted by molar-refractivity contribution is -0.154. The van der Waals surface area contributed by atoms with Crippen molar-refractivity contribution in [3.63, 3.8) is 0 Å². The molecule has 1 unspecified atom stereocenters. The SMILES string of the molecule is CCNC(=NCc1ccc(OCC(F)(F)F)nc1)NCC(C)(O)c1ccc(C)o1. The maximum absolute atomic E-state index is 12.2. The summed E-state index contributed by atoms with van der Waals surface area (Å²) in [5.41, 5.74) is -0.543. The van der Waals surface area contributed by atoms with Gasteiger partial charge in [-0.3, -0.25) is 0 Å². The third-order valence-corrected chi connectivity index (χ3v) is 3.82. The topological polar surface area (TPSA) is 91.9 Å². The van der Waals surface area contributed by atoms with Crippen molar-refractivity contribution in [2.75, 3.05) is 19.7 Å². The molecule has 0 saturated carbocycles. The van der Waals surface area contributed by atoms with Crippen LogP contribution in [-0.2, 0) is 12.1 Å². The van der Waals surface area contributed by atoms with Crippen molar-refractivity contribution in [3.05, 3.63) is 47.5 Å². The number of hydrogen-bond donors (Lipinski definition) is 3. The first-order valence-electron chi connectivity index (χ1n) is 9.05. The van der Waals surface area contributed by atoms with Crippen LogP contribution in [0.5, 0.6) is 5.88 Å². The van der Waals surface area contributed by atoms with Gasteiger partial charge in [0.05, 0.1) is 13.1 Å². The number of hydrogen-bond acceptors (Lipinski definition) is 5. The number of aliphatic imine (C=N–C) groups is 1. The Morgan fingerprint density at radius 1 is 1.24 bits per heavy atom. The van der Waals surface area contributed by atoms with Gasteiger partial charge >= 0.3 is 6.18 Å². The summed E-state index contributed by atoms with van der Waals surface area (Å²) in [4.78, 5) is 8.24. The van der Waals surface area contributed by atoms with E-state index in [0.717, 1.165) is 0 Å². The Morgan fingerprint density at radius 3 is 2.55 bits per heavy atom. The molecule has 0 aliphatic carbocycles. The Morgan fingerprint density at radius 2 is 2.00 bits per heavy atom. The van der Waals surface area contributed by atoms with Gasteiger partial charge in [0.1, 0.15) is 17.1 Å². The molecular weight excluding hydrogens is 389 g/mol. The van der Waals surface area contributed by atoms with Crippen molar-refractivity contribution < 1.29 is 27.4 Å². The number of pyridine rings is 1. The molecule has 0 aromatic carbocycles. The molecule has 10 heteroatoms. The van der Waals surface area contributed by atoms with E-state index in [1.807, 2.05) is 6.92 Å². The molecule has 7 nitrogen and oxygen atoms in total. The number of aryl methyl sites for hydroxylation is 1. The Bertz CT molecular complexity index is 802. The summed E-state index contributed by atoms with van der Waals surface area (Å²) in [7, 11) is 0. The molecule has 0 radical (unpaired) electrons. The van der Waals surface area contributed by atoms with E-state index in [1.165, 1.54) is 12.3 Å². The molecule has 2 heterocycles. The molecule has 2 aromatic heterocycles. The monoisotopic (exact) mass is 414 g/mol. The summed E-state index contributed by atoms with van der Waals surface area (Å²) >= 11 is 0. The first kappa shape index (κ1) is 22.5. The normalized spacial score (nSPS) is 14.4. The fourth-order valence-corrected chi connectivity index (χ4v) is 2.32. The van der Waals surface area contributed by atoms with Crippen molar-refractivity contribution in [3.8, 4) is 5.88 Å². The number of guanidine groups is 1. The van der Waals surface area contributed by atoms with Gasteiger partial charge in [-0.1, -0.05) is 6.07 Å².